The summed E-state index contributed by atoms with van der Waals surface area (Å²) in [4.78, 5) is 46.3. The fourth-order valence-electron chi connectivity index (χ4n) is 4.69. The number of amides is 2. The smallest absolute Gasteiger partial charge is 0.305 e. The molecule has 0 aliphatic carbocycles. The summed E-state index contributed by atoms with van der Waals surface area (Å²) >= 11 is 2.44. The lowest BCUT2D eigenvalue weighted by Crippen LogP contribution is -2.32. The Hall–Kier alpha value is -2.84. The molecule has 3 atom stereocenters. The molecule has 0 spiro atoms. The molecule has 2 aliphatic rings. The average molecular weight is 466 g/mol. The molecule has 1 saturated heterocycles. The molecule has 1 fully saturated rings. The number of hydrogen-bond donors (Lipinski definition) is 1. The fraction of sp³-hybridized carbons (Fsp3) is 0.292. The number of carbonyl (C=O) groups excluding carboxylic acids is 2. The summed E-state index contributed by atoms with van der Waals surface area (Å²) in [6.07, 6.45) is 0. The van der Waals surface area contributed by atoms with Gasteiger partial charge in [0.15, 0.2) is 0 Å². The number of H-pyrrole nitrogens is 1. The van der Waals surface area contributed by atoms with Crippen LogP contribution in [-0.2, 0) is 9.59 Å². The highest BCUT2D eigenvalue weighted by molar-refractivity contribution is 8.00. The Morgan fingerprint density at radius 1 is 0.938 bits per heavy atom. The van der Waals surface area contributed by atoms with Gasteiger partial charge in [-0.2, -0.15) is 0 Å². The topological polar surface area (TPSA) is 73.5 Å². The Bertz CT molecular complexity index is 1220. The van der Waals surface area contributed by atoms with E-state index >= 15 is 0 Å². The van der Waals surface area contributed by atoms with Gasteiger partial charge in [-0.25, -0.2) is 4.90 Å². The minimum absolute atomic E-state index is 0.160. The quantitative estimate of drug-likeness (QED) is 0.575. The maximum atomic E-state index is 13.6. The first-order valence-electron chi connectivity index (χ1n) is 10.7. The van der Waals surface area contributed by atoms with Crippen molar-refractivity contribution in [3.05, 3.63) is 74.7 Å². The Labute approximate surface area is 194 Å². The van der Waals surface area contributed by atoms with Gasteiger partial charge >= 0.3 is 4.87 Å². The minimum Gasteiger partial charge on any atom is -0.372 e. The van der Waals surface area contributed by atoms with Crippen molar-refractivity contribution in [1.29, 1.82) is 0 Å². The van der Waals surface area contributed by atoms with Gasteiger partial charge in [-0.1, -0.05) is 53.4 Å². The van der Waals surface area contributed by atoms with Crippen LogP contribution in [0.5, 0.6) is 0 Å². The number of aromatic amines is 1. The molecule has 2 amide bonds. The SMILES string of the molecule is CCN(CC)c1ccc([C@H]2c3sc(=O)[nH]c3SC3C(=O)N(c4ccccc4)C(=O)C32)cc1. The Balaban J connectivity index is 1.59. The number of aromatic nitrogens is 1. The summed E-state index contributed by atoms with van der Waals surface area (Å²) in [6, 6.07) is 17.2. The van der Waals surface area contributed by atoms with E-state index < -0.39 is 11.2 Å². The van der Waals surface area contributed by atoms with Crippen LogP contribution in [0, 0.1) is 5.92 Å². The van der Waals surface area contributed by atoms with E-state index in [-0.39, 0.29) is 22.6 Å². The number of thiazole rings is 1. The first-order chi connectivity index (χ1) is 15.5. The molecule has 0 radical (unpaired) electrons. The Morgan fingerprint density at radius 2 is 1.62 bits per heavy atom. The number of para-hydroxylation sites is 1. The van der Waals surface area contributed by atoms with E-state index in [1.165, 1.54) is 16.7 Å². The van der Waals surface area contributed by atoms with E-state index in [0.717, 1.165) is 40.6 Å². The molecule has 1 N–H and O–H groups in total. The molecule has 32 heavy (non-hydrogen) atoms. The van der Waals surface area contributed by atoms with Crippen LogP contribution in [0.4, 0.5) is 11.4 Å². The van der Waals surface area contributed by atoms with Crippen molar-refractivity contribution in [2.24, 2.45) is 5.92 Å². The van der Waals surface area contributed by atoms with E-state index in [1.807, 2.05) is 30.3 Å². The molecule has 3 heterocycles. The predicted molar refractivity (Wildman–Crippen MR) is 129 cm³/mol. The molecule has 3 aromatic rings. The van der Waals surface area contributed by atoms with Crippen LogP contribution in [0.25, 0.3) is 0 Å². The van der Waals surface area contributed by atoms with E-state index in [4.69, 9.17) is 0 Å². The summed E-state index contributed by atoms with van der Waals surface area (Å²) in [5.74, 6) is -1.32. The van der Waals surface area contributed by atoms with Crippen LogP contribution in [0.15, 0.2) is 64.4 Å². The first-order valence-corrected chi connectivity index (χ1v) is 12.4. The molecule has 8 heteroatoms. The fourth-order valence-corrected chi connectivity index (χ4v) is 7.20. The lowest BCUT2D eigenvalue weighted by Gasteiger charge is -2.30. The van der Waals surface area contributed by atoms with Gasteiger partial charge in [0.2, 0.25) is 11.8 Å². The van der Waals surface area contributed by atoms with Crippen LogP contribution in [-0.4, -0.2) is 35.1 Å². The highest BCUT2D eigenvalue weighted by atomic mass is 32.2. The summed E-state index contributed by atoms with van der Waals surface area (Å²) in [5.41, 5.74) is 2.65. The van der Waals surface area contributed by atoms with E-state index in [1.54, 1.807) is 12.1 Å². The van der Waals surface area contributed by atoms with Gasteiger partial charge in [-0.05, 0) is 43.7 Å². The third-order valence-electron chi connectivity index (χ3n) is 6.22. The number of benzene rings is 2. The summed E-state index contributed by atoms with van der Waals surface area (Å²) in [6.45, 7) is 6.04. The number of anilines is 2. The lowest BCUT2D eigenvalue weighted by molar-refractivity contribution is -0.122. The van der Waals surface area contributed by atoms with Gasteiger partial charge in [-0.3, -0.25) is 14.4 Å². The molecular weight excluding hydrogens is 442 g/mol. The normalized spacial score (nSPS) is 22.1. The van der Waals surface area contributed by atoms with Gasteiger partial charge in [0.1, 0.15) is 5.25 Å². The highest BCUT2D eigenvalue weighted by Gasteiger charge is 2.56. The number of fused-ring (bicyclic) bond motifs is 2. The van der Waals surface area contributed by atoms with Crippen LogP contribution in [0.3, 0.4) is 0 Å². The number of carbonyl (C=O) groups is 2. The van der Waals surface area contributed by atoms with Crippen LogP contribution in [0.1, 0.15) is 30.2 Å². The monoisotopic (exact) mass is 465 g/mol. The summed E-state index contributed by atoms with van der Waals surface area (Å²) < 4.78 is 0. The molecule has 2 unspecified atom stereocenters. The molecule has 5 rings (SSSR count). The minimum atomic E-state index is -0.562. The number of nitrogens with one attached hydrogen (secondary N) is 1. The second-order valence-electron chi connectivity index (χ2n) is 7.86. The average Bonchev–Trinajstić information content (AvgIpc) is 3.30. The molecule has 2 aliphatic heterocycles. The Morgan fingerprint density at radius 3 is 2.28 bits per heavy atom. The van der Waals surface area contributed by atoms with Crippen molar-refractivity contribution >= 4 is 46.3 Å². The van der Waals surface area contributed by atoms with Gasteiger partial charge in [0.25, 0.3) is 0 Å². The van der Waals surface area contributed by atoms with Gasteiger partial charge < -0.3 is 9.88 Å². The lowest BCUT2D eigenvalue weighted by atomic mass is 9.83. The van der Waals surface area contributed by atoms with E-state index in [9.17, 15) is 14.4 Å². The maximum Gasteiger partial charge on any atom is 0.305 e. The highest BCUT2D eigenvalue weighted by Crippen LogP contribution is 2.53. The van der Waals surface area contributed by atoms with Crippen molar-refractivity contribution in [3.8, 4) is 0 Å². The van der Waals surface area contributed by atoms with Crippen LogP contribution in [0.2, 0.25) is 0 Å². The van der Waals surface area contributed by atoms with Crippen molar-refractivity contribution in [1.82, 2.24) is 4.98 Å². The molecular formula is C24H23N3O3S2. The molecule has 0 saturated carbocycles. The van der Waals surface area contributed by atoms with E-state index in [0.29, 0.717) is 10.7 Å². The number of thioether (sulfide) groups is 1. The van der Waals surface area contributed by atoms with Crippen LogP contribution >= 0.6 is 23.1 Å². The molecule has 6 nitrogen and oxygen atoms in total. The largest absolute Gasteiger partial charge is 0.372 e. The predicted octanol–water partition coefficient (Wildman–Crippen LogP) is 4.08. The second kappa shape index (κ2) is 8.26. The number of rotatable bonds is 5. The standard InChI is InChI=1S/C24H23N3O3S2/c1-3-26(4-2)15-12-10-14(11-13-15)17-18-20(31-21-19(17)32-24(30)25-21)23(29)27(22(18)28)16-8-6-5-7-9-16/h5-13,17-18,20H,3-4H2,1-2H3,(H,25,30)/t17-,18?,20?/m1/s1. The van der Waals surface area contributed by atoms with Crippen molar-refractivity contribution in [2.75, 3.05) is 22.9 Å². The number of imide groups is 1. The third-order valence-corrected chi connectivity index (χ3v) is 8.62. The van der Waals surface area contributed by atoms with Crippen molar-refractivity contribution in [2.45, 2.75) is 30.0 Å². The summed E-state index contributed by atoms with van der Waals surface area (Å²) in [7, 11) is 0. The second-order valence-corrected chi connectivity index (χ2v) is 10.0. The Kier molecular flexibility index (Phi) is 5.43. The third kappa shape index (κ3) is 3.29. The maximum absolute atomic E-state index is 13.6. The van der Waals surface area contributed by atoms with Crippen molar-refractivity contribution < 1.29 is 9.59 Å². The van der Waals surface area contributed by atoms with Crippen LogP contribution < -0.4 is 14.7 Å². The van der Waals surface area contributed by atoms with Gasteiger partial charge in [0.05, 0.1) is 16.6 Å². The first kappa shape index (κ1) is 21.0. The van der Waals surface area contributed by atoms with Gasteiger partial charge in [-0.15, -0.1) is 0 Å². The molecule has 2 aromatic carbocycles. The zero-order valence-electron chi connectivity index (χ0n) is 17.8. The molecule has 0 bridgehead atoms. The van der Waals surface area contributed by atoms with Crippen molar-refractivity contribution in [3.63, 3.8) is 0 Å². The van der Waals surface area contributed by atoms with Gasteiger partial charge in [0, 0.05) is 29.6 Å². The molecule has 1 aromatic heterocycles. The number of nitrogens with zero attached hydrogens (tertiary/aromatic N) is 2. The number of hydrogen-bond acceptors (Lipinski definition) is 6. The summed E-state index contributed by atoms with van der Waals surface area (Å²) in [5, 5.41) is 0.142. The zero-order chi connectivity index (χ0) is 22.4. The molecule has 164 valence electrons. The van der Waals surface area contributed by atoms with E-state index in [2.05, 4.69) is 35.9 Å². The zero-order valence-corrected chi connectivity index (χ0v) is 19.4.